The fraction of sp³-hybridized carbons (Fsp3) is 0.500. The molecule has 3 atom stereocenters. The summed E-state index contributed by atoms with van der Waals surface area (Å²) in [7, 11) is 0. The van der Waals surface area contributed by atoms with E-state index in [0.29, 0.717) is 31.6 Å². The van der Waals surface area contributed by atoms with E-state index in [1.165, 1.54) is 14.1 Å². The van der Waals surface area contributed by atoms with Crippen molar-refractivity contribution >= 4 is 21.8 Å². The van der Waals surface area contributed by atoms with Crippen molar-refractivity contribution in [1.82, 2.24) is 19.2 Å². The van der Waals surface area contributed by atoms with E-state index in [1.54, 1.807) is 0 Å². The summed E-state index contributed by atoms with van der Waals surface area (Å²) in [6.45, 7) is -0.211. The summed E-state index contributed by atoms with van der Waals surface area (Å²) in [5, 5.41) is 4.39. The highest BCUT2D eigenvalue weighted by Crippen LogP contribution is 2.27. The molecule has 0 spiro atoms. The van der Waals surface area contributed by atoms with Crippen molar-refractivity contribution in [2.45, 2.75) is 44.2 Å². The number of carbonyl (C=O) groups is 1. The molecule has 0 aliphatic carbocycles. The Morgan fingerprint density at radius 3 is 2.52 bits per heavy atom. The molecule has 1 aromatic heterocycles. The van der Waals surface area contributed by atoms with Crippen molar-refractivity contribution in [2.75, 3.05) is 13.1 Å². The van der Waals surface area contributed by atoms with Crippen LogP contribution in [-0.2, 0) is 17.8 Å². The van der Waals surface area contributed by atoms with Crippen LogP contribution in [0.25, 0.3) is 0 Å². The first-order chi connectivity index (χ1) is 12.9. The van der Waals surface area contributed by atoms with E-state index in [-0.39, 0.29) is 18.8 Å². The third-order valence-corrected chi connectivity index (χ3v) is 5.68. The Morgan fingerprint density at radius 1 is 1.19 bits per heavy atom. The van der Waals surface area contributed by atoms with Gasteiger partial charge in [0.1, 0.15) is 11.9 Å². The number of rotatable bonds is 3. The molecule has 3 unspecified atom stereocenters. The number of hydrogen-bond donors (Lipinski definition) is 0. The van der Waals surface area contributed by atoms with Gasteiger partial charge in [0.15, 0.2) is 12.3 Å². The van der Waals surface area contributed by atoms with Crippen LogP contribution in [0.1, 0.15) is 30.3 Å². The van der Waals surface area contributed by atoms with Crippen molar-refractivity contribution in [3.05, 3.63) is 50.6 Å². The van der Waals surface area contributed by atoms with E-state index in [0.717, 1.165) is 10.0 Å². The lowest BCUT2D eigenvalue weighted by Gasteiger charge is -2.26. The van der Waals surface area contributed by atoms with Crippen molar-refractivity contribution in [3.63, 3.8) is 0 Å². The Morgan fingerprint density at radius 2 is 1.85 bits per heavy atom. The minimum atomic E-state index is -1.66. The fourth-order valence-corrected chi connectivity index (χ4v) is 4.01. The van der Waals surface area contributed by atoms with Crippen LogP contribution in [-0.4, -0.2) is 50.6 Å². The van der Waals surface area contributed by atoms with Gasteiger partial charge in [0.2, 0.25) is 5.91 Å². The second-order valence-corrected chi connectivity index (χ2v) is 7.95. The first-order valence-corrected chi connectivity index (χ1v) is 9.73. The summed E-state index contributed by atoms with van der Waals surface area (Å²) in [6.07, 6.45) is -1.54. The molecule has 1 saturated heterocycles. The lowest BCUT2D eigenvalue weighted by atomic mass is 10.0. The molecule has 144 valence electrons. The summed E-state index contributed by atoms with van der Waals surface area (Å²) in [6, 6.07) is 6.82. The van der Waals surface area contributed by atoms with Crippen LogP contribution in [0.5, 0.6) is 0 Å². The molecule has 4 rings (SSSR count). The third-order valence-electron chi connectivity index (χ3n) is 5.16. The van der Waals surface area contributed by atoms with Crippen molar-refractivity contribution < 1.29 is 13.6 Å². The molecule has 0 bridgehead atoms. The van der Waals surface area contributed by atoms with Crippen LogP contribution in [0.2, 0.25) is 0 Å². The Balaban J connectivity index is 1.61. The van der Waals surface area contributed by atoms with Crippen LogP contribution in [0, 0.1) is 0 Å². The topological polar surface area (TPSA) is 60.1 Å². The molecule has 0 saturated carbocycles. The predicted octanol–water partition coefficient (Wildman–Crippen LogP) is 2.25. The largest absolute Gasteiger partial charge is 0.346 e. The number of benzene rings is 1. The molecular weight excluding hydrogens is 422 g/mol. The fourth-order valence-electron chi connectivity index (χ4n) is 3.75. The number of aryl methyl sites for hydroxylation is 1. The highest BCUT2D eigenvalue weighted by molar-refractivity contribution is 9.10. The summed E-state index contributed by atoms with van der Waals surface area (Å²) >= 11 is 3.37. The molecule has 6 nitrogen and oxygen atoms in total. The summed E-state index contributed by atoms with van der Waals surface area (Å²) < 4.78 is 30.7. The Hall–Kier alpha value is -2.03. The smallest absolute Gasteiger partial charge is 0.335 e. The van der Waals surface area contributed by atoms with E-state index in [9.17, 15) is 18.4 Å². The van der Waals surface area contributed by atoms with Crippen LogP contribution < -0.4 is 5.69 Å². The average molecular weight is 441 g/mol. The van der Waals surface area contributed by atoms with Crippen LogP contribution in [0.15, 0.2) is 33.5 Å². The summed E-state index contributed by atoms with van der Waals surface area (Å²) in [4.78, 5) is 26.9. The van der Waals surface area contributed by atoms with Crippen molar-refractivity contribution in [3.8, 4) is 0 Å². The summed E-state index contributed by atoms with van der Waals surface area (Å²) in [5.74, 6) is 0.151. The normalized spacial score (nSPS) is 24.9. The molecule has 1 fully saturated rings. The van der Waals surface area contributed by atoms with Crippen LogP contribution in [0.3, 0.4) is 0 Å². The SMILES string of the molecule is O=C(C1CCCc2nn(Cc3ccc(Br)cc3)c(=O)n21)N1CC(F)C(F)C1. The maximum atomic E-state index is 13.5. The zero-order valence-electron chi connectivity index (χ0n) is 14.5. The predicted molar refractivity (Wildman–Crippen MR) is 98.1 cm³/mol. The molecule has 1 amide bonds. The van der Waals surface area contributed by atoms with Crippen LogP contribution >= 0.6 is 15.9 Å². The zero-order chi connectivity index (χ0) is 19.1. The monoisotopic (exact) mass is 440 g/mol. The maximum absolute atomic E-state index is 13.5. The minimum absolute atomic E-state index is 0.256. The van der Waals surface area contributed by atoms with Gasteiger partial charge in [-0.3, -0.25) is 9.36 Å². The van der Waals surface area contributed by atoms with Gasteiger partial charge in [-0.05, 0) is 30.5 Å². The van der Waals surface area contributed by atoms with E-state index in [1.807, 2.05) is 24.3 Å². The number of nitrogens with zero attached hydrogens (tertiary/aromatic N) is 4. The highest BCUT2D eigenvalue weighted by atomic mass is 79.9. The van der Waals surface area contributed by atoms with E-state index in [4.69, 9.17) is 0 Å². The van der Waals surface area contributed by atoms with Gasteiger partial charge < -0.3 is 4.90 Å². The molecular formula is C18H19BrF2N4O2. The summed E-state index contributed by atoms with van der Waals surface area (Å²) in [5.41, 5.74) is 0.553. The molecule has 0 N–H and O–H groups in total. The second-order valence-electron chi connectivity index (χ2n) is 7.04. The lowest BCUT2D eigenvalue weighted by Crippen LogP contribution is -2.42. The maximum Gasteiger partial charge on any atom is 0.346 e. The molecule has 2 aliphatic heterocycles. The molecule has 1 aromatic carbocycles. The van der Waals surface area contributed by atoms with Gasteiger partial charge in [0, 0.05) is 10.9 Å². The molecule has 27 heavy (non-hydrogen) atoms. The third kappa shape index (κ3) is 3.44. The molecule has 0 radical (unpaired) electrons. The Bertz CT molecular complexity index is 901. The standard InChI is InChI=1S/C18H19BrF2N4O2/c19-12-6-4-11(5-7-12)8-24-18(27)25-15(2-1-3-16(25)22-24)17(26)23-9-13(20)14(21)10-23/h4-7,13-15H,1-3,8-10H2. The molecule has 2 aliphatic rings. The number of alkyl halides is 2. The van der Waals surface area contributed by atoms with Gasteiger partial charge in [0.05, 0.1) is 19.6 Å². The molecule has 2 aromatic rings. The van der Waals surface area contributed by atoms with Gasteiger partial charge in [-0.25, -0.2) is 18.3 Å². The molecule has 9 heteroatoms. The van der Waals surface area contributed by atoms with Gasteiger partial charge in [-0.2, -0.15) is 5.10 Å². The molecule has 3 heterocycles. The Kier molecular flexibility index (Phi) is 4.88. The van der Waals surface area contributed by atoms with E-state index in [2.05, 4.69) is 21.0 Å². The number of fused-ring (bicyclic) bond motifs is 1. The Labute approximate surface area is 162 Å². The number of halogens is 3. The quantitative estimate of drug-likeness (QED) is 0.735. The van der Waals surface area contributed by atoms with E-state index < -0.39 is 24.3 Å². The number of carbonyl (C=O) groups excluding carboxylic acids is 1. The van der Waals surface area contributed by atoms with Gasteiger partial charge in [-0.1, -0.05) is 28.1 Å². The average Bonchev–Trinajstić information content (AvgIpc) is 3.16. The van der Waals surface area contributed by atoms with Crippen molar-refractivity contribution in [2.24, 2.45) is 0 Å². The zero-order valence-corrected chi connectivity index (χ0v) is 16.1. The van der Waals surface area contributed by atoms with Gasteiger partial charge >= 0.3 is 5.69 Å². The first-order valence-electron chi connectivity index (χ1n) is 8.93. The minimum Gasteiger partial charge on any atom is -0.335 e. The number of aromatic nitrogens is 3. The first kappa shape index (κ1) is 18.3. The number of likely N-dealkylation sites (tertiary alicyclic amines) is 1. The second kappa shape index (κ2) is 7.18. The number of hydrogen-bond acceptors (Lipinski definition) is 3. The van der Waals surface area contributed by atoms with Gasteiger partial charge in [-0.15, -0.1) is 0 Å². The van der Waals surface area contributed by atoms with Gasteiger partial charge in [0.25, 0.3) is 0 Å². The number of amides is 1. The highest BCUT2D eigenvalue weighted by Gasteiger charge is 2.40. The van der Waals surface area contributed by atoms with Crippen molar-refractivity contribution in [1.29, 1.82) is 0 Å². The lowest BCUT2D eigenvalue weighted by molar-refractivity contribution is -0.134. The van der Waals surface area contributed by atoms with E-state index >= 15 is 0 Å². The van der Waals surface area contributed by atoms with Crippen LogP contribution in [0.4, 0.5) is 8.78 Å².